The number of pyridine rings is 1. The highest BCUT2D eigenvalue weighted by atomic mass is 19.1. The summed E-state index contributed by atoms with van der Waals surface area (Å²) in [5.74, 6) is 1.73. The first-order valence-electron chi connectivity index (χ1n) is 20.0. The minimum atomic E-state index is -0.759. The lowest BCUT2D eigenvalue weighted by Gasteiger charge is -2.37. The molecule has 11 nitrogen and oxygen atoms in total. The fourth-order valence-electron chi connectivity index (χ4n) is 8.94. The highest BCUT2D eigenvalue weighted by Crippen LogP contribution is 2.41. The predicted octanol–water partition coefficient (Wildman–Crippen LogP) is 7.74. The summed E-state index contributed by atoms with van der Waals surface area (Å²) in [7, 11) is 0. The van der Waals surface area contributed by atoms with Crippen LogP contribution in [0.1, 0.15) is 94.4 Å². The van der Waals surface area contributed by atoms with Crippen molar-refractivity contribution in [3.8, 4) is 35.4 Å². The molecule has 8 rings (SSSR count). The van der Waals surface area contributed by atoms with Crippen LogP contribution in [0.4, 0.5) is 14.6 Å². The summed E-state index contributed by atoms with van der Waals surface area (Å²) in [5, 5.41) is 15.4. The van der Waals surface area contributed by atoms with E-state index in [4.69, 9.17) is 34.9 Å². The summed E-state index contributed by atoms with van der Waals surface area (Å²) in [5.41, 5.74) is 0.467. The van der Waals surface area contributed by atoms with Gasteiger partial charge in [-0.3, -0.25) is 9.80 Å². The minimum absolute atomic E-state index is 0.00790. The molecule has 0 unspecified atom stereocenters. The van der Waals surface area contributed by atoms with Crippen LogP contribution >= 0.6 is 0 Å². The maximum atomic E-state index is 17.3. The second-order valence-electron chi connectivity index (χ2n) is 15.4. The molecule has 0 amide bonds. The molecule has 0 spiro atoms. The number of benzene rings is 2. The van der Waals surface area contributed by atoms with Crippen LogP contribution in [-0.2, 0) is 19.4 Å². The maximum Gasteiger partial charge on any atom is 0.519 e. The van der Waals surface area contributed by atoms with Gasteiger partial charge >= 0.3 is 11.8 Å². The van der Waals surface area contributed by atoms with E-state index < -0.39 is 17.5 Å². The van der Waals surface area contributed by atoms with Gasteiger partial charge in [0.1, 0.15) is 35.2 Å². The van der Waals surface area contributed by atoms with Gasteiger partial charge in [0.15, 0.2) is 17.3 Å². The van der Waals surface area contributed by atoms with Crippen LogP contribution in [0.15, 0.2) is 37.9 Å². The number of fused-ring (bicyclic) bond motifs is 3. The number of halogens is 2. The van der Waals surface area contributed by atoms with Crippen LogP contribution in [-0.4, -0.2) is 74.2 Å². The Bertz CT molecular complexity index is 2360. The predicted molar refractivity (Wildman–Crippen MR) is 210 cm³/mol. The number of ether oxygens (including phenoxy) is 1. The smallest absolute Gasteiger partial charge is 0.508 e. The Kier molecular flexibility index (Phi) is 10.7. The van der Waals surface area contributed by atoms with Crippen molar-refractivity contribution in [2.75, 3.05) is 38.1 Å². The van der Waals surface area contributed by atoms with Crippen molar-refractivity contribution in [3.05, 3.63) is 69.3 Å². The Morgan fingerprint density at radius 2 is 1.80 bits per heavy atom. The molecule has 13 heteroatoms. The average Bonchev–Trinajstić information content (AvgIpc) is 3.85. The molecule has 3 aliphatic rings. The third-order valence-corrected chi connectivity index (χ3v) is 11.9. The summed E-state index contributed by atoms with van der Waals surface area (Å²) >= 11 is 0. The number of aryl methyl sites for hydroxylation is 2. The average molecular weight is 767 g/mol. The number of hydrogen-bond donors (Lipinski definition) is 2. The summed E-state index contributed by atoms with van der Waals surface area (Å²) in [4.78, 5) is 31.3. The SMILES string of the molecule is C#Cc1c(F)ccc2cc(O)cc(-c3nc(CCC)c4c(NCCN(Cc5oc(=O)oc5CCC)C5CCC5)nc(OCC56CCCN5CCC6)nc4c3F)c12. The third-order valence-electron chi connectivity index (χ3n) is 11.9. The lowest BCUT2D eigenvalue weighted by atomic mass is 9.91. The van der Waals surface area contributed by atoms with Gasteiger partial charge in [-0.2, -0.15) is 9.97 Å². The molecule has 56 heavy (non-hydrogen) atoms. The van der Waals surface area contributed by atoms with Crippen molar-refractivity contribution >= 4 is 27.5 Å². The van der Waals surface area contributed by atoms with Crippen LogP contribution in [0.3, 0.4) is 0 Å². The highest BCUT2D eigenvalue weighted by molar-refractivity contribution is 6.03. The lowest BCUT2D eigenvalue weighted by molar-refractivity contribution is 0.108. The third kappa shape index (κ3) is 7.09. The molecule has 3 aromatic heterocycles. The molecule has 0 atom stereocenters. The summed E-state index contributed by atoms with van der Waals surface area (Å²) < 4.78 is 49.7. The summed E-state index contributed by atoms with van der Waals surface area (Å²) in [6.07, 6.45) is 15.8. The molecule has 2 aliphatic heterocycles. The second kappa shape index (κ2) is 15.8. The van der Waals surface area contributed by atoms with Crippen molar-refractivity contribution in [1.82, 2.24) is 24.8 Å². The minimum Gasteiger partial charge on any atom is -0.508 e. The zero-order valence-corrected chi connectivity index (χ0v) is 32.1. The lowest BCUT2D eigenvalue weighted by Crippen LogP contribution is -2.43. The van der Waals surface area contributed by atoms with E-state index >= 15 is 8.78 Å². The van der Waals surface area contributed by atoms with Gasteiger partial charge in [0.25, 0.3) is 0 Å². The molecule has 0 radical (unpaired) electrons. The molecule has 294 valence electrons. The molecule has 2 aromatic carbocycles. The first kappa shape index (κ1) is 37.8. The van der Waals surface area contributed by atoms with Gasteiger partial charge in [-0.15, -0.1) is 6.42 Å². The summed E-state index contributed by atoms with van der Waals surface area (Å²) in [6.45, 7) is 7.91. The number of aromatic hydroxyl groups is 1. The van der Waals surface area contributed by atoms with Crippen molar-refractivity contribution in [2.45, 2.75) is 103 Å². The van der Waals surface area contributed by atoms with Gasteiger partial charge in [0.2, 0.25) is 0 Å². The van der Waals surface area contributed by atoms with E-state index in [0.717, 1.165) is 64.5 Å². The van der Waals surface area contributed by atoms with Crippen LogP contribution in [0, 0.1) is 24.0 Å². The Morgan fingerprint density at radius 3 is 2.52 bits per heavy atom. The van der Waals surface area contributed by atoms with E-state index in [1.807, 2.05) is 13.8 Å². The van der Waals surface area contributed by atoms with Gasteiger partial charge in [-0.25, -0.2) is 18.6 Å². The van der Waals surface area contributed by atoms with E-state index in [-0.39, 0.29) is 45.0 Å². The molecule has 2 saturated heterocycles. The Morgan fingerprint density at radius 1 is 1.04 bits per heavy atom. The standard InChI is InChI=1S/C43H48F2N6O5/c1-4-10-32-36-39(37(45)38(47-32)30-23-28(52)22-26-14-15-31(44)29(6-3)35(26)30)48-41(54-25-43-16-8-19-51(43)20-9-17-43)49-40(36)46-18-21-50(27-12-7-13-27)24-34-33(11-5-2)55-42(53)56-34/h3,14-15,22-23,27,52H,4-5,7-13,16-21,24-25H2,1-2H3,(H,46,48,49). The topological polar surface area (TPSA) is 130 Å². The number of nitrogens with one attached hydrogen (secondary N) is 1. The van der Waals surface area contributed by atoms with Crippen LogP contribution in [0.2, 0.25) is 0 Å². The monoisotopic (exact) mass is 766 g/mol. The van der Waals surface area contributed by atoms with Crippen LogP contribution in [0.5, 0.6) is 11.8 Å². The van der Waals surface area contributed by atoms with Crippen molar-refractivity contribution in [1.29, 1.82) is 0 Å². The van der Waals surface area contributed by atoms with Gasteiger partial charge in [-0.05, 0) is 88.0 Å². The van der Waals surface area contributed by atoms with E-state index in [0.29, 0.717) is 85.4 Å². The number of rotatable bonds is 15. The normalized spacial score (nSPS) is 16.8. The van der Waals surface area contributed by atoms with Gasteiger partial charge in [0, 0.05) is 36.5 Å². The first-order chi connectivity index (χ1) is 27.2. The van der Waals surface area contributed by atoms with Crippen molar-refractivity contribution < 1.29 is 27.5 Å². The number of terminal acetylenes is 1. The number of aromatic nitrogens is 3. The second-order valence-corrected chi connectivity index (χ2v) is 15.4. The maximum absolute atomic E-state index is 17.3. The zero-order valence-electron chi connectivity index (χ0n) is 32.1. The van der Waals surface area contributed by atoms with E-state index in [1.165, 1.54) is 24.3 Å². The number of hydrogen-bond acceptors (Lipinski definition) is 11. The van der Waals surface area contributed by atoms with Crippen LogP contribution in [0.25, 0.3) is 32.9 Å². The molecule has 5 aromatic rings. The van der Waals surface area contributed by atoms with Gasteiger partial charge in [0.05, 0.1) is 28.7 Å². The number of phenols is 1. The van der Waals surface area contributed by atoms with E-state index in [1.54, 1.807) is 0 Å². The van der Waals surface area contributed by atoms with Gasteiger partial charge in [-0.1, -0.05) is 38.7 Å². The molecule has 1 aliphatic carbocycles. The Labute approximate surface area is 324 Å². The van der Waals surface area contributed by atoms with Gasteiger partial charge < -0.3 is 24.0 Å². The molecule has 3 fully saturated rings. The Hall–Kier alpha value is -5.06. The molecular formula is C43H48F2N6O5. The number of anilines is 1. The van der Waals surface area contributed by atoms with E-state index in [9.17, 15) is 9.90 Å². The molecule has 5 heterocycles. The van der Waals surface area contributed by atoms with E-state index in [2.05, 4.69) is 21.0 Å². The summed E-state index contributed by atoms with van der Waals surface area (Å²) in [6, 6.07) is 5.93. The fourth-order valence-corrected chi connectivity index (χ4v) is 8.94. The highest BCUT2D eigenvalue weighted by Gasteiger charge is 2.45. The first-order valence-corrected chi connectivity index (χ1v) is 20.0. The van der Waals surface area contributed by atoms with Crippen LogP contribution < -0.4 is 15.9 Å². The quantitative estimate of drug-likeness (QED) is 0.102. The van der Waals surface area contributed by atoms with Crippen molar-refractivity contribution in [2.24, 2.45) is 0 Å². The fraction of sp³-hybridized carbons (Fsp3) is 0.488. The zero-order chi connectivity index (χ0) is 39.0. The Balaban J connectivity index is 1.21. The number of phenolic OH excluding ortho intramolecular Hbond substituents is 1. The molecule has 1 saturated carbocycles. The molecule has 2 N–H and O–H groups in total. The van der Waals surface area contributed by atoms with Crippen molar-refractivity contribution in [3.63, 3.8) is 0 Å². The molecule has 0 bridgehead atoms. The molecular weight excluding hydrogens is 719 g/mol. The number of nitrogens with zero attached hydrogens (tertiary/aromatic N) is 5. The largest absolute Gasteiger partial charge is 0.519 e.